The van der Waals surface area contributed by atoms with Gasteiger partial charge >= 0.3 is 0 Å². The number of carbonyl (C=O) groups is 1. The van der Waals surface area contributed by atoms with Crippen LogP contribution in [-0.4, -0.2) is 36.4 Å². The van der Waals surface area contributed by atoms with Crippen LogP contribution in [0.4, 0.5) is 0 Å². The summed E-state index contributed by atoms with van der Waals surface area (Å²) in [5, 5.41) is 6.88. The Balaban J connectivity index is 0.00000320. The van der Waals surface area contributed by atoms with Gasteiger partial charge in [-0.25, -0.2) is 0 Å². The van der Waals surface area contributed by atoms with Crippen molar-refractivity contribution >= 4 is 35.8 Å². The van der Waals surface area contributed by atoms with Crippen molar-refractivity contribution in [3.8, 4) is 0 Å². The molecule has 1 amide bonds. The minimum absolute atomic E-state index is 0. The minimum atomic E-state index is 0. The molecule has 30 heavy (non-hydrogen) atoms. The molecular weight excluding hydrogens is 487 g/mol. The topological polar surface area (TPSA) is 56.7 Å². The molecule has 2 N–H and O–H groups in total. The number of guanidine groups is 1. The fraction of sp³-hybridized carbons (Fsp3) is 0.417. The number of benzene rings is 2. The van der Waals surface area contributed by atoms with Gasteiger partial charge in [-0.1, -0.05) is 54.6 Å². The number of carbonyl (C=O) groups excluding carboxylic acids is 1. The van der Waals surface area contributed by atoms with E-state index in [2.05, 4.69) is 77.1 Å². The van der Waals surface area contributed by atoms with E-state index in [-0.39, 0.29) is 29.9 Å². The maximum Gasteiger partial charge on any atom is 0.222 e. The number of hydrogen-bond acceptors (Lipinski definition) is 2. The SMILES string of the molecule is CN=C(NCc1cccc(CN2CCCC2=O)c1)NC(C)CCc1ccccc1.I. The number of aliphatic imine (C=N–C) groups is 1. The van der Waals surface area contributed by atoms with Crippen LogP contribution >= 0.6 is 24.0 Å². The van der Waals surface area contributed by atoms with Gasteiger partial charge in [-0.2, -0.15) is 0 Å². The molecule has 0 bridgehead atoms. The van der Waals surface area contributed by atoms with Gasteiger partial charge in [0.25, 0.3) is 0 Å². The molecule has 162 valence electrons. The summed E-state index contributed by atoms with van der Waals surface area (Å²) in [6.45, 7) is 4.46. The second-order valence-electron chi connectivity index (χ2n) is 7.73. The molecule has 0 spiro atoms. The molecule has 5 nitrogen and oxygen atoms in total. The molecule has 1 saturated heterocycles. The molecule has 3 rings (SSSR count). The number of amides is 1. The van der Waals surface area contributed by atoms with Crippen LogP contribution in [0.5, 0.6) is 0 Å². The highest BCUT2D eigenvalue weighted by Crippen LogP contribution is 2.15. The summed E-state index contributed by atoms with van der Waals surface area (Å²) in [4.78, 5) is 18.2. The zero-order valence-corrected chi connectivity index (χ0v) is 20.3. The molecule has 1 aliphatic rings. The van der Waals surface area contributed by atoms with Crippen LogP contribution in [0.3, 0.4) is 0 Å². The van der Waals surface area contributed by atoms with E-state index in [1.807, 2.05) is 4.90 Å². The van der Waals surface area contributed by atoms with E-state index in [9.17, 15) is 4.79 Å². The third kappa shape index (κ3) is 7.63. The summed E-state index contributed by atoms with van der Waals surface area (Å²) >= 11 is 0. The second kappa shape index (κ2) is 12.6. The minimum Gasteiger partial charge on any atom is -0.354 e. The van der Waals surface area contributed by atoms with Crippen molar-refractivity contribution in [2.45, 2.75) is 51.7 Å². The molecule has 1 unspecified atom stereocenters. The molecule has 2 aromatic rings. The van der Waals surface area contributed by atoms with Crippen LogP contribution in [-0.2, 0) is 24.3 Å². The van der Waals surface area contributed by atoms with Crippen LogP contribution in [0.2, 0.25) is 0 Å². The van der Waals surface area contributed by atoms with Gasteiger partial charge in [0.1, 0.15) is 0 Å². The lowest BCUT2D eigenvalue weighted by molar-refractivity contribution is -0.128. The Kier molecular flexibility index (Phi) is 10.1. The third-order valence-corrected chi connectivity index (χ3v) is 5.31. The van der Waals surface area contributed by atoms with E-state index in [1.54, 1.807) is 7.05 Å². The van der Waals surface area contributed by atoms with Crippen LogP contribution in [0, 0.1) is 0 Å². The van der Waals surface area contributed by atoms with E-state index < -0.39 is 0 Å². The Hall–Kier alpha value is -2.09. The normalized spacial score (nSPS) is 14.9. The summed E-state index contributed by atoms with van der Waals surface area (Å²) in [6, 6.07) is 19.3. The van der Waals surface area contributed by atoms with Gasteiger partial charge in [0.15, 0.2) is 5.96 Å². The molecule has 0 aromatic heterocycles. The first-order valence-corrected chi connectivity index (χ1v) is 10.5. The average Bonchev–Trinajstić information content (AvgIpc) is 3.15. The monoisotopic (exact) mass is 520 g/mol. The predicted octanol–water partition coefficient (Wildman–Crippen LogP) is 4.11. The number of hydrogen-bond donors (Lipinski definition) is 2. The standard InChI is InChI=1S/C24H32N4O.HI/c1-19(13-14-20-8-4-3-5-9-20)27-24(25-2)26-17-21-10-6-11-22(16-21)18-28-15-7-12-23(28)29;/h3-6,8-11,16,19H,7,12-15,17-18H2,1-2H3,(H2,25,26,27);1H. The second-order valence-corrected chi connectivity index (χ2v) is 7.73. The van der Waals surface area contributed by atoms with E-state index in [0.717, 1.165) is 31.8 Å². The number of likely N-dealkylation sites (tertiary alicyclic amines) is 1. The number of nitrogens with zero attached hydrogens (tertiary/aromatic N) is 2. The van der Waals surface area contributed by atoms with Gasteiger partial charge in [0, 0.05) is 39.1 Å². The van der Waals surface area contributed by atoms with Crippen molar-refractivity contribution in [3.05, 3.63) is 71.3 Å². The summed E-state index contributed by atoms with van der Waals surface area (Å²) in [7, 11) is 1.80. The number of aryl methyl sites for hydroxylation is 1. The summed E-state index contributed by atoms with van der Waals surface area (Å²) in [5.74, 6) is 1.08. The Morgan fingerprint density at radius 3 is 2.53 bits per heavy atom. The van der Waals surface area contributed by atoms with Crippen LogP contribution in [0.25, 0.3) is 0 Å². The van der Waals surface area contributed by atoms with Crippen molar-refractivity contribution in [2.75, 3.05) is 13.6 Å². The van der Waals surface area contributed by atoms with Crippen molar-refractivity contribution < 1.29 is 4.79 Å². The van der Waals surface area contributed by atoms with E-state index in [1.165, 1.54) is 16.7 Å². The maximum atomic E-state index is 11.9. The predicted molar refractivity (Wildman–Crippen MR) is 134 cm³/mol. The van der Waals surface area contributed by atoms with Gasteiger partial charge in [-0.15, -0.1) is 24.0 Å². The maximum absolute atomic E-state index is 11.9. The molecule has 2 aromatic carbocycles. The number of nitrogens with one attached hydrogen (secondary N) is 2. The number of rotatable bonds is 8. The van der Waals surface area contributed by atoms with E-state index in [0.29, 0.717) is 25.6 Å². The van der Waals surface area contributed by atoms with Crippen LogP contribution < -0.4 is 10.6 Å². The molecule has 1 aliphatic heterocycles. The zero-order valence-electron chi connectivity index (χ0n) is 17.9. The molecule has 0 radical (unpaired) electrons. The third-order valence-electron chi connectivity index (χ3n) is 5.31. The molecular formula is C24H33IN4O. The van der Waals surface area contributed by atoms with Gasteiger partial charge in [0.2, 0.25) is 5.91 Å². The Morgan fingerprint density at radius 2 is 1.83 bits per heavy atom. The lowest BCUT2D eigenvalue weighted by atomic mass is 10.1. The first-order valence-electron chi connectivity index (χ1n) is 10.5. The van der Waals surface area contributed by atoms with E-state index in [4.69, 9.17) is 0 Å². The highest BCUT2D eigenvalue weighted by Gasteiger charge is 2.19. The molecule has 0 saturated carbocycles. The van der Waals surface area contributed by atoms with Crippen molar-refractivity contribution in [3.63, 3.8) is 0 Å². The summed E-state index contributed by atoms with van der Waals surface area (Å²) < 4.78 is 0. The fourth-order valence-corrected chi connectivity index (χ4v) is 3.64. The summed E-state index contributed by atoms with van der Waals surface area (Å²) in [6.07, 6.45) is 3.75. The van der Waals surface area contributed by atoms with Crippen LogP contribution in [0.15, 0.2) is 59.6 Å². The van der Waals surface area contributed by atoms with Gasteiger partial charge in [-0.05, 0) is 42.9 Å². The fourth-order valence-electron chi connectivity index (χ4n) is 3.64. The molecule has 0 aliphatic carbocycles. The van der Waals surface area contributed by atoms with Gasteiger partial charge < -0.3 is 15.5 Å². The Labute approximate surface area is 197 Å². The quantitative estimate of drug-likeness (QED) is 0.313. The van der Waals surface area contributed by atoms with Gasteiger partial charge in [-0.3, -0.25) is 9.79 Å². The van der Waals surface area contributed by atoms with Crippen molar-refractivity contribution in [1.82, 2.24) is 15.5 Å². The first kappa shape index (κ1) is 24.2. The van der Waals surface area contributed by atoms with E-state index >= 15 is 0 Å². The largest absolute Gasteiger partial charge is 0.354 e. The summed E-state index contributed by atoms with van der Waals surface area (Å²) in [5.41, 5.74) is 3.73. The first-order chi connectivity index (χ1) is 14.1. The molecule has 1 fully saturated rings. The van der Waals surface area contributed by atoms with Crippen molar-refractivity contribution in [2.24, 2.45) is 4.99 Å². The Bertz CT molecular complexity index is 825. The lowest BCUT2D eigenvalue weighted by Crippen LogP contribution is -2.42. The highest BCUT2D eigenvalue weighted by molar-refractivity contribution is 14.0. The van der Waals surface area contributed by atoms with Gasteiger partial charge in [0.05, 0.1) is 0 Å². The molecule has 1 heterocycles. The Morgan fingerprint density at radius 1 is 1.10 bits per heavy atom. The molecule has 6 heteroatoms. The number of halogens is 1. The van der Waals surface area contributed by atoms with Crippen molar-refractivity contribution in [1.29, 1.82) is 0 Å². The molecule has 1 atom stereocenters. The van der Waals surface area contributed by atoms with Crippen LogP contribution in [0.1, 0.15) is 42.9 Å². The lowest BCUT2D eigenvalue weighted by Gasteiger charge is -2.19. The zero-order chi connectivity index (χ0) is 20.5. The smallest absolute Gasteiger partial charge is 0.222 e. The average molecular weight is 520 g/mol. The highest BCUT2D eigenvalue weighted by atomic mass is 127.